The van der Waals surface area contributed by atoms with Gasteiger partial charge in [0.25, 0.3) is 0 Å². The zero-order valence-corrected chi connectivity index (χ0v) is 12.3. The average Bonchev–Trinajstić information content (AvgIpc) is 2.50. The molecule has 0 saturated heterocycles. The molecule has 0 amide bonds. The van der Waals surface area contributed by atoms with Crippen LogP contribution in [0.3, 0.4) is 0 Å². The average molecular weight is 300 g/mol. The Kier molecular flexibility index (Phi) is 4.83. The zero-order chi connectivity index (χ0) is 16.1. The van der Waals surface area contributed by atoms with E-state index >= 15 is 0 Å². The van der Waals surface area contributed by atoms with Crippen molar-refractivity contribution in [1.82, 2.24) is 0 Å². The number of phenols is 1. The Morgan fingerprint density at radius 3 is 2.64 bits per heavy atom. The molecule has 114 valence electrons. The second-order valence-electron chi connectivity index (χ2n) is 4.64. The van der Waals surface area contributed by atoms with Gasteiger partial charge in [0, 0.05) is 5.39 Å². The van der Waals surface area contributed by atoms with E-state index < -0.39 is 17.8 Å². The fourth-order valence-electron chi connectivity index (χ4n) is 1.96. The van der Waals surface area contributed by atoms with Crippen molar-refractivity contribution in [2.24, 2.45) is 10.2 Å². The molecule has 0 heterocycles. The Morgan fingerprint density at radius 2 is 1.95 bits per heavy atom. The van der Waals surface area contributed by atoms with Gasteiger partial charge in [-0.2, -0.15) is 10.2 Å². The molecule has 0 fully saturated rings. The minimum Gasteiger partial charge on any atom is -0.505 e. The number of aromatic hydroxyl groups is 1. The molecule has 2 rings (SSSR count). The van der Waals surface area contributed by atoms with Gasteiger partial charge in [0.15, 0.2) is 11.5 Å². The number of benzene rings is 2. The van der Waals surface area contributed by atoms with Crippen LogP contribution in [-0.2, 0) is 14.3 Å². The van der Waals surface area contributed by atoms with Crippen molar-refractivity contribution in [2.45, 2.75) is 19.9 Å². The van der Waals surface area contributed by atoms with Gasteiger partial charge < -0.3 is 9.84 Å². The van der Waals surface area contributed by atoms with Crippen LogP contribution in [0.4, 0.5) is 5.69 Å². The summed E-state index contributed by atoms with van der Waals surface area (Å²) in [5.41, 5.74) is 0.189. The maximum Gasteiger partial charge on any atom is 0.340 e. The van der Waals surface area contributed by atoms with Gasteiger partial charge in [0.05, 0.1) is 6.61 Å². The van der Waals surface area contributed by atoms with Gasteiger partial charge in [-0.3, -0.25) is 4.79 Å². The Morgan fingerprint density at radius 1 is 1.23 bits per heavy atom. The number of azo groups is 1. The maximum absolute atomic E-state index is 11.6. The number of fused-ring (bicyclic) bond motifs is 1. The van der Waals surface area contributed by atoms with E-state index in [4.69, 9.17) is 4.74 Å². The van der Waals surface area contributed by atoms with Crippen molar-refractivity contribution in [3.05, 3.63) is 36.4 Å². The quantitative estimate of drug-likeness (QED) is 0.522. The van der Waals surface area contributed by atoms with Crippen LogP contribution in [0.15, 0.2) is 46.6 Å². The topological polar surface area (TPSA) is 88.3 Å². The number of rotatable bonds is 5. The summed E-state index contributed by atoms with van der Waals surface area (Å²) in [6, 6.07) is 9.28. The Labute approximate surface area is 127 Å². The van der Waals surface area contributed by atoms with Crippen LogP contribution in [0.1, 0.15) is 13.8 Å². The lowest BCUT2D eigenvalue weighted by molar-refractivity contribution is -0.147. The first kappa shape index (κ1) is 15.6. The van der Waals surface area contributed by atoms with E-state index in [-0.39, 0.29) is 18.0 Å². The predicted molar refractivity (Wildman–Crippen MR) is 81.2 cm³/mol. The van der Waals surface area contributed by atoms with E-state index in [9.17, 15) is 14.7 Å². The number of nitrogens with zero attached hydrogens (tertiary/aromatic N) is 2. The summed E-state index contributed by atoms with van der Waals surface area (Å²) in [7, 11) is 0. The Bertz CT molecular complexity index is 740. The van der Waals surface area contributed by atoms with Crippen molar-refractivity contribution in [3.8, 4) is 5.75 Å². The molecule has 0 saturated carbocycles. The molecular formula is C16H16N2O4. The van der Waals surface area contributed by atoms with Gasteiger partial charge in [-0.25, -0.2) is 4.79 Å². The fourth-order valence-corrected chi connectivity index (χ4v) is 1.96. The maximum atomic E-state index is 11.6. The van der Waals surface area contributed by atoms with Gasteiger partial charge in [-0.15, -0.1) is 0 Å². The second kappa shape index (κ2) is 6.80. The highest BCUT2D eigenvalue weighted by Crippen LogP contribution is 2.34. The van der Waals surface area contributed by atoms with Gasteiger partial charge in [-0.1, -0.05) is 30.3 Å². The molecule has 1 atom stereocenters. The second-order valence-corrected chi connectivity index (χ2v) is 4.64. The third kappa shape index (κ3) is 3.28. The summed E-state index contributed by atoms with van der Waals surface area (Å²) in [6.07, 6.45) is 0. The number of phenolic OH excluding ortho intramolecular Hbond substituents is 1. The molecule has 0 aromatic heterocycles. The molecule has 0 radical (unpaired) electrons. The number of esters is 1. The number of Topliss-reactive ketones (excluding diaryl/α,β-unsaturated/α-hetero) is 1. The molecule has 0 aliphatic carbocycles. The van der Waals surface area contributed by atoms with Crippen LogP contribution in [-0.4, -0.2) is 29.5 Å². The van der Waals surface area contributed by atoms with Crippen LogP contribution in [0.5, 0.6) is 5.75 Å². The van der Waals surface area contributed by atoms with Crippen LogP contribution >= 0.6 is 0 Å². The van der Waals surface area contributed by atoms with E-state index in [1.54, 1.807) is 31.2 Å². The molecule has 0 aliphatic heterocycles. The highest BCUT2D eigenvalue weighted by atomic mass is 16.5. The summed E-state index contributed by atoms with van der Waals surface area (Å²) in [5.74, 6) is -1.27. The van der Waals surface area contributed by atoms with Crippen molar-refractivity contribution >= 4 is 28.2 Å². The Hall–Kier alpha value is -2.76. The molecule has 6 heteroatoms. The molecule has 0 spiro atoms. The molecule has 0 bridgehead atoms. The van der Waals surface area contributed by atoms with Crippen LogP contribution in [0.2, 0.25) is 0 Å². The lowest BCUT2D eigenvalue weighted by Crippen LogP contribution is -2.28. The van der Waals surface area contributed by atoms with Crippen molar-refractivity contribution in [1.29, 1.82) is 0 Å². The predicted octanol–water partition coefficient (Wildman–Crippen LogP) is 3.15. The molecule has 1 unspecified atom stereocenters. The molecule has 22 heavy (non-hydrogen) atoms. The largest absolute Gasteiger partial charge is 0.505 e. The smallest absolute Gasteiger partial charge is 0.340 e. The highest BCUT2D eigenvalue weighted by molar-refractivity contribution is 6.02. The SMILES string of the molecule is CCOC(=O)C(N=Nc1ccc2ccccc2c1O)C(C)=O. The van der Waals surface area contributed by atoms with Gasteiger partial charge in [0.1, 0.15) is 5.69 Å². The molecule has 6 nitrogen and oxygen atoms in total. The number of ketones is 1. The van der Waals surface area contributed by atoms with Gasteiger partial charge in [0.2, 0.25) is 6.04 Å². The molecular weight excluding hydrogens is 284 g/mol. The zero-order valence-electron chi connectivity index (χ0n) is 12.3. The van der Waals surface area contributed by atoms with E-state index in [1.165, 1.54) is 6.92 Å². The van der Waals surface area contributed by atoms with Gasteiger partial charge >= 0.3 is 5.97 Å². The number of hydrogen-bond donors (Lipinski definition) is 1. The summed E-state index contributed by atoms with van der Waals surface area (Å²) >= 11 is 0. The lowest BCUT2D eigenvalue weighted by Gasteiger charge is -2.07. The van der Waals surface area contributed by atoms with Crippen molar-refractivity contribution < 1.29 is 19.4 Å². The third-order valence-electron chi connectivity index (χ3n) is 3.06. The van der Waals surface area contributed by atoms with Crippen LogP contribution < -0.4 is 0 Å². The van der Waals surface area contributed by atoms with E-state index in [0.717, 1.165) is 5.39 Å². The normalized spacial score (nSPS) is 12.5. The summed E-state index contributed by atoms with van der Waals surface area (Å²) in [6.45, 7) is 3.03. The summed E-state index contributed by atoms with van der Waals surface area (Å²) in [5, 5.41) is 19.2. The monoisotopic (exact) mass is 300 g/mol. The van der Waals surface area contributed by atoms with E-state index in [2.05, 4.69) is 10.2 Å². The van der Waals surface area contributed by atoms with Crippen molar-refractivity contribution in [3.63, 3.8) is 0 Å². The molecule has 2 aromatic carbocycles. The molecule has 0 aliphatic rings. The molecule has 2 aromatic rings. The third-order valence-corrected chi connectivity index (χ3v) is 3.06. The number of ether oxygens (including phenoxy) is 1. The number of carbonyl (C=O) groups is 2. The first-order valence-electron chi connectivity index (χ1n) is 6.83. The van der Waals surface area contributed by atoms with Crippen molar-refractivity contribution in [2.75, 3.05) is 6.61 Å². The van der Waals surface area contributed by atoms with E-state index in [1.807, 2.05) is 12.1 Å². The number of carbonyl (C=O) groups excluding carboxylic acids is 2. The minimum absolute atomic E-state index is 0.0481. The molecule has 1 N–H and O–H groups in total. The minimum atomic E-state index is -1.31. The summed E-state index contributed by atoms with van der Waals surface area (Å²) in [4.78, 5) is 23.1. The first-order valence-corrected chi connectivity index (χ1v) is 6.83. The standard InChI is InChI=1S/C16H16N2O4/c1-3-22-16(21)14(10(2)19)18-17-13-9-8-11-6-4-5-7-12(11)15(13)20/h4-9,14,20H,3H2,1-2H3. The Balaban J connectivity index is 2.34. The van der Waals surface area contributed by atoms with Crippen LogP contribution in [0.25, 0.3) is 10.8 Å². The number of hydrogen-bond acceptors (Lipinski definition) is 6. The summed E-state index contributed by atoms with van der Waals surface area (Å²) < 4.78 is 4.78. The van der Waals surface area contributed by atoms with E-state index in [0.29, 0.717) is 5.39 Å². The lowest BCUT2D eigenvalue weighted by atomic mass is 10.1. The highest BCUT2D eigenvalue weighted by Gasteiger charge is 2.24. The van der Waals surface area contributed by atoms with Crippen LogP contribution in [0, 0.1) is 0 Å². The first-order chi connectivity index (χ1) is 10.5. The fraction of sp³-hybridized carbons (Fsp3) is 0.250. The van der Waals surface area contributed by atoms with Gasteiger partial charge in [-0.05, 0) is 25.3 Å².